The Bertz CT molecular complexity index is 524. The molecule has 0 radical (unpaired) electrons. The van der Waals surface area contributed by atoms with Crippen molar-refractivity contribution in [3.05, 3.63) is 27.8 Å². The Balaban J connectivity index is 2.01. The Morgan fingerprint density at radius 1 is 1.29 bits per heavy atom. The molecule has 6 heteroatoms. The minimum absolute atomic E-state index is 0.0246. The van der Waals surface area contributed by atoms with Gasteiger partial charge in [0.25, 0.3) is 0 Å². The van der Waals surface area contributed by atoms with Gasteiger partial charge >= 0.3 is 0 Å². The molecule has 1 saturated heterocycles. The van der Waals surface area contributed by atoms with Crippen LogP contribution in [-0.2, 0) is 14.6 Å². The second-order valence-electron chi connectivity index (χ2n) is 4.10. The summed E-state index contributed by atoms with van der Waals surface area (Å²) in [7, 11) is -3.00. The molecule has 0 bridgehead atoms. The maximum Gasteiger partial charge on any atom is 0.228 e. The number of hydrogen-bond donors (Lipinski definition) is 1. The third-order valence-electron chi connectivity index (χ3n) is 2.71. The fourth-order valence-electron chi connectivity index (χ4n) is 1.78. The molecule has 0 aromatic heterocycles. The van der Waals surface area contributed by atoms with E-state index >= 15 is 0 Å². The van der Waals surface area contributed by atoms with Crippen molar-refractivity contribution < 1.29 is 13.2 Å². The number of carbonyl (C=O) groups is 1. The molecule has 17 heavy (non-hydrogen) atoms. The van der Waals surface area contributed by atoms with E-state index in [4.69, 9.17) is 0 Å². The normalized spacial score (nSPS) is 22.3. The number of amides is 1. The molecule has 1 atom stereocenters. The zero-order valence-electron chi connectivity index (χ0n) is 9.02. The summed E-state index contributed by atoms with van der Waals surface area (Å²) in [6, 6.07) is 7.40. The number of hydrogen-bond acceptors (Lipinski definition) is 3. The molecule has 0 unspecified atom stereocenters. The highest BCUT2D eigenvalue weighted by Gasteiger charge is 2.32. The summed E-state index contributed by atoms with van der Waals surface area (Å²) in [6.07, 6.45) is 0.429. The van der Waals surface area contributed by atoms with E-state index in [0.717, 1.165) is 3.57 Å². The van der Waals surface area contributed by atoms with Crippen LogP contribution in [0.15, 0.2) is 24.3 Å². The Morgan fingerprint density at radius 3 is 2.47 bits per heavy atom. The molecule has 1 aliphatic heterocycles. The highest BCUT2D eigenvalue weighted by molar-refractivity contribution is 14.1. The van der Waals surface area contributed by atoms with Gasteiger partial charge in [0.15, 0.2) is 9.84 Å². The van der Waals surface area contributed by atoms with Gasteiger partial charge in [0.1, 0.15) is 0 Å². The van der Waals surface area contributed by atoms with Crippen LogP contribution in [0, 0.1) is 9.49 Å². The number of carbonyl (C=O) groups excluding carboxylic acids is 1. The molecule has 1 aromatic rings. The first-order valence-electron chi connectivity index (χ1n) is 5.23. The van der Waals surface area contributed by atoms with Gasteiger partial charge in [-0.3, -0.25) is 4.79 Å². The van der Waals surface area contributed by atoms with Crippen LogP contribution in [0.5, 0.6) is 0 Å². The van der Waals surface area contributed by atoms with Gasteiger partial charge < -0.3 is 5.32 Å². The van der Waals surface area contributed by atoms with E-state index in [-0.39, 0.29) is 17.4 Å². The molecule has 0 saturated carbocycles. The lowest BCUT2D eigenvalue weighted by Gasteiger charge is -2.09. The van der Waals surface area contributed by atoms with Gasteiger partial charge in [-0.2, -0.15) is 0 Å². The Hall–Kier alpha value is -0.630. The average Bonchev–Trinajstić information content (AvgIpc) is 2.62. The van der Waals surface area contributed by atoms with Crippen molar-refractivity contribution in [1.29, 1.82) is 0 Å². The minimum atomic E-state index is -3.00. The zero-order chi connectivity index (χ0) is 12.5. The van der Waals surface area contributed by atoms with Crippen LogP contribution in [0.2, 0.25) is 0 Å². The summed E-state index contributed by atoms with van der Waals surface area (Å²) in [6.45, 7) is 0. The molecule has 92 valence electrons. The number of rotatable bonds is 2. The quantitative estimate of drug-likeness (QED) is 0.811. The minimum Gasteiger partial charge on any atom is -0.326 e. The van der Waals surface area contributed by atoms with E-state index < -0.39 is 15.8 Å². The molecule has 1 aromatic carbocycles. The fraction of sp³-hybridized carbons (Fsp3) is 0.364. The first-order valence-corrected chi connectivity index (χ1v) is 8.13. The van der Waals surface area contributed by atoms with E-state index in [9.17, 15) is 13.2 Å². The molecule has 1 fully saturated rings. The smallest absolute Gasteiger partial charge is 0.228 e. The van der Waals surface area contributed by atoms with E-state index in [1.807, 2.05) is 24.3 Å². The lowest BCUT2D eigenvalue weighted by Crippen LogP contribution is -2.23. The van der Waals surface area contributed by atoms with Crippen molar-refractivity contribution in [2.75, 3.05) is 16.8 Å². The average molecular weight is 365 g/mol. The lowest BCUT2D eigenvalue weighted by atomic mass is 10.1. The van der Waals surface area contributed by atoms with Gasteiger partial charge in [-0.1, -0.05) is 0 Å². The SMILES string of the molecule is O=C(Nc1ccc(I)cc1)[C@@H]1CCS(=O)(=O)C1. The van der Waals surface area contributed by atoms with Gasteiger partial charge in [-0.05, 0) is 53.3 Å². The molecular weight excluding hydrogens is 353 g/mol. The monoisotopic (exact) mass is 365 g/mol. The van der Waals surface area contributed by atoms with Crippen molar-refractivity contribution in [1.82, 2.24) is 0 Å². The predicted octanol–water partition coefficient (Wildman–Crippen LogP) is 1.66. The largest absolute Gasteiger partial charge is 0.326 e. The number of benzene rings is 1. The van der Waals surface area contributed by atoms with Crippen LogP contribution in [0.25, 0.3) is 0 Å². The van der Waals surface area contributed by atoms with Crippen LogP contribution < -0.4 is 5.32 Å². The van der Waals surface area contributed by atoms with Gasteiger partial charge in [0.05, 0.1) is 17.4 Å². The predicted molar refractivity (Wildman–Crippen MR) is 74.5 cm³/mol. The molecule has 0 spiro atoms. The molecule has 1 heterocycles. The van der Waals surface area contributed by atoms with Gasteiger partial charge in [-0.25, -0.2) is 8.42 Å². The highest BCUT2D eigenvalue weighted by Crippen LogP contribution is 2.20. The van der Waals surface area contributed by atoms with Crippen molar-refractivity contribution >= 4 is 44.0 Å². The summed E-state index contributed by atoms with van der Waals surface area (Å²) < 4.78 is 23.6. The van der Waals surface area contributed by atoms with Crippen LogP contribution in [0.1, 0.15) is 6.42 Å². The van der Waals surface area contributed by atoms with Crippen LogP contribution in [0.4, 0.5) is 5.69 Å². The molecule has 1 aliphatic rings. The highest BCUT2D eigenvalue weighted by atomic mass is 127. The summed E-state index contributed by atoms with van der Waals surface area (Å²) in [4.78, 5) is 11.8. The Labute approximate surface area is 114 Å². The second kappa shape index (κ2) is 4.93. The first kappa shape index (κ1) is 12.8. The summed E-state index contributed by atoms with van der Waals surface area (Å²) in [5.41, 5.74) is 0.708. The lowest BCUT2D eigenvalue weighted by molar-refractivity contribution is -0.119. The number of sulfone groups is 1. The van der Waals surface area contributed by atoms with E-state index in [0.29, 0.717) is 12.1 Å². The number of nitrogens with one attached hydrogen (secondary N) is 1. The Kier molecular flexibility index (Phi) is 3.72. The maximum atomic E-state index is 11.8. The Morgan fingerprint density at radius 2 is 1.94 bits per heavy atom. The summed E-state index contributed by atoms with van der Waals surface area (Å²) >= 11 is 2.18. The number of halogens is 1. The molecule has 2 rings (SSSR count). The molecule has 1 N–H and O–H groups in total. The van der Waals surface area contributed by atoms with Crippen LogP contribution in [0.3, 0.4) is 0 Å². The number of anilines is 1. The first-order chi connectivity index (χ1) is 7.96. The summed E-state index contributed by atoms with van der Waals surface area (Å²) in [5.74, 6) is -0.507. The standard InChI is InChI=1S/C11H12INO3S/c12-9-1-3-10(4-2-9)13-11(14)8-5-6-17(15,16)7-8/h1-4,8H,5-7H2,(H,13,14)/t8-/m1/s1. The second-order valence-corrected chi connectivity index (χ2v) is 7.57. The maximum absolute atomic E-state index is 11.8. The summed E-state index contributed by atoms with van der Waals surface area (Å²) in [5, 5.41) is 2.74. The van der Waals surface area contributed by atoms with E-state index in [2.05, 4.69) is 27.9 Å². The zero-order valence-corrected chi connectivity index (χ0v) is 12.0. The molecule has 4 nitrogen and oxygen atoms in total. The van der Waals surface area contributed by atoms with Crippen molar-refractivity contribution in [2.24, 2.45) is 5.92 Å². The van der Waals surface area contributed by atoms with Gasteiger partial charge in [-0.15, -0.1) is 0 Å². The van der Waals surface area contributed by atoms with Crippen LogP contribution >= 0.6 is 22.6 Å². The third-order valence-corrected chi connectivity index (χ3v) is 5.20. The fourth-order valence-corrected chi connectivity index (χ4v) is 3.88. The van der Waals surface area contributed by atoms with E-state index in [1.165, 1.54) is 0 Å². The topological polar surface area (TPSA) is 63.2 Å². The van der Waals surface area contributed by atoms with Crippen LogP contribution in [-0.4, -0.2) is 25.8 Å². The molecule has 0 aliphatic carbocycles. The van der Waals surface area contributed by atoms with Gasteiger partial charge in [0, 0.05) is 9.26 Å². The van der Waals surface area contributed by atoms with Crippen molar-refractivity contribution in [2.45, 2.75) is 6.42 Å². The van der Waals surface area contributed by atoms with Gasteiger partial charge in [0.2, 0.25) is 5.91 Å². The third kappa shape index (κ3) is 3.41. The molecular formula is C11H12INO3S. The van der Waals surface area contributed by atoms with Crippen molar-refractivity contribution in [3.8, 4) is 0 Å². The van der Waals surface area contributed by atoms with Crippen molar-refractivity contribution in [3.63, 3.8) is 0 Å². The van der Waals surface area contributed by atoms with E-state index in [1.54, 1.807) is 0 Å². The molecule has 1 amide bonds.